The van der Waals surface area contributed by atoms with Gasteiger partial charge in [0.15, 0.2) is 0 Å². The number of aliphatic imine (C=N–C) groups is 1. The number of anilines is 1. The summed E-state index contributed by atoms with van der Waals surface area (Å²) in [6.45, 7) is 2.65. The molecule has 8 heteroatoms. The first kappa shape index (κ1) is 18.7. The van der Waals surface area contributed by atoms with Crippen LogP contribution >= 0.6 is 23.2 Å². The molecule has 1 aromatic carbocycles. The van der Waals surface area contributed by atoms with Gasteiger partial charge >= 0.3 is 0 Å². The van der Waals surface area contributed by atoms with Gasteiger partial charge in [-0.2, -0.15) is 0 Å². The van der Waals surface area contributed by atoms with E-state index in [0.717, 1.165) is 59.9 Å². The highest BCUT2D eigenvalue weighted by Crippen LogP contribution is 2.41. The minimum Gasteiger partial charge on any atom is -0.371 e. The van der Waals surface area contributed by atoms with Gasteiger partial charge in [-0.25, -0.2) is 9.98 Å². The van der Waals surface area contributed by atoms with Crippen molar-refractivity contribution in [1.29, 1.82) is 0 Å². The Labute approximate surface area is 179 Å². The van der Waals surface area contributed by atoms with E-state index >= 15 is 0 Å². The highest BCUT2D eigenvalue weighted by atomic mass is 35.5. The van der Waals surface area contributed by atoms with Crippen molar-refractivity contribution in [2.75, 3.05) is 25.5 Å². The topological polar surface area (TPSA) is 68.3 Å². The molecule has 5 rings (SSSR count). The Bertz CT molecular complexity index is 1060. The van der Waals surface area contributed by atoms with E-state index in [0.29, 0.717) is 16.6 Å². The zero-order chi connectivity index (χ0) is 20.0. The molecule has 150 valence electrons. The van der Waals surface area contributed by atoms with Crippen molar-refractivity contribution < 1.29 is 0 Å². The normalized spacial score (nSPS) is 18.4. The number of likely N-dealkylation sites (tertiary alicyclic amines) is 1. The number of aromatic nitrogens is 2. The van der Waals surface area contributed by atoms with Crippen molar-refractivity contribution in [3.05, 3.63) is 52.3 Å². The van der Waals surface area contributed by atoms with Gasteiger partial charge in [-0.3, -0.25) is 0 Å². The Balaban J connectivity index is 1.47. The van der Waals surface area contributed by atoms with E-state index in [1.54, 1.807) is 6.20 Å². The third-order valence-corrected chi connectivity index (χ3v) is 6.55. The third-order valence-electron chi connectivity index (χ3n) is 5.83. The molecule has 3 aromatic rings. The van der Waals surface area contributed by atoms with Crippen LogP contribution in [-0.4, -0.2) is 46.4 Å². The number of H-pyrrole nitrogens is 1. The summed E-state index contributed by atoms with van der Waals surface area (Å²) in [4.78, 5) is 15.1. The Morgan fingerprint density at radius 3 is 2.76 bits per heavy atom. The van der Waals surface area contributed by atoms with Gasteiger partial charge in [0.25, 0.3) is 0 Å². The molecule has 0 amide bonds. The molecule has 2 aliphatic heterocycles. The maximum atomic E-state index is 6.26. The van der Waals surface area contributed by atoms with Gasteiger partial charge in [0.1, 0.15) is 11.5 Å². The lowest BCUT2D eigenvalue weighted by Crippen LogP contribution is -2.58. The highest BCUT2D eigenvalue weighted by molar-refractivity contribution is 6.42. The quantitative estimate of drug-likeness (QED) is 0.558. The second-order valence-electron chi connectivity index (χ2n) is 7.84. The SMILES string of the molecule is CN1CCC2(CC1)Nc1cc(Cl)c(Cl)cc1N=C2NCc1cc2cccnc2[nH]1. The fourth-order valence-electron chi connectivity index (χ4n) is 4.13. The smallest absolute Gasteiger partial charge is 0.137 e. The van der Waals surface area contributed by atoms with Crippen LogP contribution in [0, 0.1) is 0 Å². The number of halogens is 2. The number of hydrogen-bond acceptors (Lipinski definition) is 5. The van der Waals surface area contributed by atoms with Gasteiger partial charge in [0.05, 0.1) is 33.5 Å². The summed E-state index contributed by atoms with van der Waals surface area (Å²) in [6, 6.07) is 9.83. The van der Waals surface area contributed by atoms with Crippen molar-refractivity contribution in [1.82, 2.24) is 20.2 Å². The van der Waals surface area contributed by atoms with Crippen LogP contribution in [0.5, 0.6) is 0 Å². The molecule has 1 spiro atoms. The number of aromatic amines is 1. The van der Waals surface area contributed by atoms with E-state index in [9.17, 15) is 0 Å². The summed E-state index contributed by atoms with van der Waals surface area (Å²) in [5.74, 6) is 0.947. The molecule has 2 aliphatic rings. The van der Waals surface area contributed by atoms with E-state index in [4.69, 9.17) is 28.2 Å². The van der Waals surface area contributed by atoms with Crippen LogP contribution in [0.2, 0.25) is 10.0 Å². The molecule has 0 saturated carbocycles. The zero-order valence-corrected chi connectivity index (χ0v) is 17.6. The van der Waals surface area contributed by atoms with Crippen molar-refractivity contribution >= 4 is 51.4 Å². The molecule has 6 nitrogen and oxygen atoms in total. The second-order valence-corrected chi connectivity index (χ2v) is 8.66. The van der Waals surface area contributed by atoms with E-state index in [-0.39, 0.29) is 5.54 Å². The fourth-order valence-corrected chi connectivity index (χ4v) is 4.45. The number of amidine groups is 1. The van der Waals surface area contributed by atoms with Crippen LogP contribution < -0.4 is 10.6 Å². The molecular weight excluding hydrogens is 407 g/mol. The minimum absolute atomic E-state index is 0.235. The van der Waals surface area contributed by atoms with Gasteiger partial charge in [0.2, 0.25) is 0 Å². The largest absolute Gasteiger partial charge is 0.371 e. The van der Waals surface area contributed by atoms with Crippen LogP contribution in [0.1, 0.15) is 18.5 Å². The minimum atomic E-state index is -0.235. The average Bonchev–Trinajstić information content (AvgIpc) is 3.13. The van der Waals surface area contributed by atoms with Gasteiger partial charge in [-0.05, 0) is 50.2 Å². The summed E-state index contributed by atoms with van der Waals surface area (Å²) in [7, 11) is 2.15. The number of fused-ring (bicyclic) bond motifs is 2. The lowest BCUT2D eigenvalue weighted by Gasteiger charge is -2.45. The summed E-state index contributed by atoms with van der Waals surface area (Å²) < 4.78 is 0. The maximum absolute atomic E-state index is 6.26. The van der Waals surface area contributed by atoms with Crippen LogP contribution in [0.3, 0.4) is 0 Å². The lowest BCUT2D eigenvalue weighted by molar-refractivity contribution is 0.238. The van der Waals surface area contributed by atoms with E-state index in [2.05, 4.69) is 44.7 Å². The highest BCUT2D eigenvalue weighted by Gasteiger charge is 2.41. The third kappa shape index (κ3) is 3.45. The van der Waals surface area contributed by atoms with Crippen molar-refractivity contribution in [3.63, 3.8) is 0 Å². The zero-order valence-electron chi connectivity index (χ0n) is 16.1. The molecule has 0 radical (unpaired) electrons. The van der Waals surface area contributed by atoms with Gasteiger partial charge < -0.3 is 20.5 Å². The van der Waals surface area contributed by atoms with Crippen LogP contribution in [0.4, 0.5) is 11.4 Å². The van der Waals surface area contributed by atoms with Gasteiger partial charge in [0, 0.05) is 30.4 Å². The molecule has 0 bridgehead atoms. The predicted molar refractivity (Wildman–Crippen MR) is 120 cm³/mol. The summed E-state index contributed by atoms with van der Waals surface area (Å²) in [5.41, 5.74) is 3.48. The first-order valence-corrected chi connectivity index (χ1v) is 10.5. The Kier molecular flexibility index (Phi) is 4.65. The average molecular weight is 429 g/mol. The molecule has 0 unspecified atom stereocenters. The fraction of sp³-hybridized carbons (Fsp3) is 0.333. The number of pyridine rings is 1. The molecule has 1 saturated heterocycles. The monoisotopic (exact) mass is 428 g/mol. The van der Waals surface area contributed by atoms with E-state index in [1.165, 1.54) is 0 Å². The first-order chi connectivity index (χ1) is 14.0. The Morgan fingerprint density at radius 2 is 1.97 bits per heavy atom. The standard InChI is InChI=1S/C21H22Cl2N6/c1-29-7-4-21(5-8-29)20(27-17-10-15(22)16(23)11-18(17)28-21)25-12-14-9-13-3-2-6-24-19(13)26-14/h2-3,6,9-11,28H,4-5,7-8,12H2,1H3,(H,24,26)(H,25,27). The molecule has 4 heterocycles. The van der Waals surface area contributed by atoms with Crippen LogP contribution in [-0.2, 0) is 6.54 Å². The Morgan fingerprint density at radius 1 is 1.17 bits per heavy atom. The summed E-state index contributed by atoms with van der Waals surface area (Å²) in [5, 5.41) is 9.47. The molecule has 0 atom stereocenters. The van der Waals surface area contributed by atoms with E-state index < -0.39 is 0 Å². The first-order valence-electron chi connectivity index (χ1n) is 9.74. The molecule has 2 aromatic heterocycles. The number of nitrogens with zero attached hydrogens (tertiary/aromatic N) is 3. The number of rotatable bonds is 2. The number of benzene rings is 1. The van der Waals surface area contributed by atoms with Crippen molar-refractivity contribution in [3.8, 4) is 0 Å². The Hall–Kier alpha value is -2.28. The number of piperidine rings is 1. The van der Waals surface area contributed by atoms with E-state index in [1.807, 2.05) is 18.2 Å². The molecule has 0 aliphatic carbocycles. The summed E-state index contributed by atoms with van der Waals surface area (Å²) in [6.07, 6.45) is 3.72. The van der Waals surface area contributed by atoms with Gasteiger partial charge in [-0.15, -0.1) is 0 Å². The lowest BCUT2D eigenvalue weighted by atomic mass is 9.84. The van der Waals surface area contributed by atoms with Crippen molar-refractivity contribution in [2.24, 2.45) is 4.99 Å². The molecule has 1 fully saturated rings. The molecule has 3 N–H and O–H groups in total. The maximum Gasteiger partial charge on any atom is 0.137 e. The van der Waals surface area contributed by atoms with Crippen LogP contribution in [0.15, 0.2) is 41.5 Å². The molecule has 29 heavy (non-hydrogen) atoms. The van der Waals surface area contributed by atoms with Crippen molar-refractivity contribution in [2.45, 2.75) is 24.9 Å². The summed E-state index contributed by atoms with van der Waals surface area (Å²) >= 11 is 12.5. The predicted octanol–water partition coefficient (Wildman–Crippen LogP) is 4.58. The number of hydrogen-bond donors (Lipinski definition) is 3. The molecular formula is C21H22Cl2N6. The second kappa shape index (κ2) is 7.20. The van der Waals surface area contributed by atoms with Crippen LogP contribution in [0.25, 0.3) is 11.0 Å². The number of nitrogens with one attached hydrogen (secondary N) is 3. The van der Waals surface area contributed by atoms with Gasteiger partial charge in [-0.1, -0.05) is 23.2 Å².